The Hall–Kier alpha value is -2.01. The van der Waals surface area contributed by atoms with Gasteiger partial charge in [-0.2, -0.15) is 0 Å². The highest BCUT2D eigenvalue weighted by Gasteiger charge is 2.23. The normalized spacial score (nSPS) is 22.2. The van der Waals surface area contributed by atoms with Gasteiger partial charge in [0.1, 0.15) is 0 Å². The summed E-state index contributed by atoms with van der Waals surface area (Å²) in [5.74, 6) is 0.303. The molecule has 1 heterocycles. The van der Waals surface area contributed by atoms with Crippen LogP contribution in [0.15, 0.2) is 24.4 Å². The predicted molar refractivity (Wildman–Crippen MR) is 78.4 cm³/mol. The fourth-order valence-corrected chi connectivity index (χ4v) is 2.90. The molecule has 5 nitrogen and oxygen atoms in total. The Morgan fingerprint density at radius 2 is 2.30 bits per heavy atom. The van der Waals surface area contributed by atoms with E-state index in [1.54, 1.807) is 12.3 Å². The quantitative estimate of drug-likeness (QED) is 0.641. The standard InChI is InChI=1S/C15H19N3O2/c16-10-2-4-12-13(8-17-14(12)6-10)15(20)18-7-9-1-3-11(19)5-9/h2,4,6,8-9,11,17,19H,1,3,5,7,16H2,(H,18,20). The third-order valence-corrected chi connectivity index (χ3v) is 4.02. The van der Waals surface area contributed by atoms with E-state index in [1.807, 2.05) is 12.1 Å². The summed E-state index contributed by atoms with van der Waals surface area (Å²) >= 11 is 0. The minimum absolute atomic E-state index is 0.0811. The molecule has 1 aliphatic carbocycles. The van der Waals surface area contributed by atoms with Crippen LogP contribution < -0.4 is 11.1 Å². The lowest BCUT2D eigenvalue weighted by molar-refractivity contribution is 0.0946. The molecule has 1 aliphatic rings. The number of carbonyl (C=O) groups excluding carboxylic acids is 1. The number of carbonyl (C=O) groups is 1. The summed E-state index contributed by atoms with van der Waals surface area (Å²) in [6.45, 7) is 0.623. The van der Waals surface area contributed by atoms with Gasteiger partial charge in [-0.25, -0.2) is 0 Å². The molecule has 0 saturated heterocycles. The first-order valence-electron chi connectivity index (χ1n) is 6.96. The van der Waals surface area contributed by atoms with Crippen LogP contribution in [-0.2, 0) is 0 Å². The van der Waals surface area contributed by atoms with Gasteiger partial charge in [-0.15, -0.1) is 0 Å². The van der Waals surface area contributed by atoms with Crippen LogP contribution in [0.25, 0.3) is 10.9 Å². The topological polar surface area (TPSA) is 91.1 Å². The van der Waals surface area contributed by atoms with Crippen LogP contribution >= 0.6 is 0 Å². The molecule has 1 fully saturated rings. The number of benzene rings is 1. The third kappa shape index (κ3) is 2.49. The molecule has 0 radical (unpaired) electrons. The van der Waals surface area contributed by atoms with Crippen LogP contribution in [0.2, 0.25) is 0 Å². The van der Waals surface area contributed by atoms with E-state index in [-0.39, 0.29) is 12.0 Å². The van der Waals surface area contributed by atoms with Crippen molar-refractivity contribution >= 4 is 22.5 Å². The lowest BCUT2D eigenvalue weighted by Crippen LogP contribution is -2.28. The number of aromatic amines is 1. The largest absolute Gasteiger partial charge is 0.399 e. The average molecular weight is 273 g/mol. The van der Waals surface area contributed by atoms with E-state index in [4.69, 9.17) is 5.73 Å². The highest BCUT2D eigenvalue weighted by atomic mass is 16.3. The second kappa shape index (κ2) is 5.17. The highest BCUT2D eigenvalue weighted by Crippen LogP contribution is 2.25. The van der Waals surface area contributed by atoms with E-state index in [2.05, 4.69) is 10.3 Å². The van der Waals surface area contributed by atoms with Gasteiger partial charge in [-0.05, 0) is 43.4 Å². The van der Waals surface area contributed by atoms with Gasteiger partial charge < -0.3 is 21.1 Å². The fourth-order valence-electron chi connectivity index (χ4n) is 2.90. The number of hydrogen-bond donors (Lipinski definition) is 4. The summed E-state index contributed by atoms with van der Waals surface area (Å²) in [4.78, 5) is 15.3. The first-order chi connectivity index (χ1) is 9.63. The molecule has 1 amide bonds. The van der Waals surface area contributed by atoms with Crippen molar-refractivity contribution in [3.05, 3.63) is 30.0 Å². The molecule has 3 rings (SSSR count). The molecular weight excluding hydrogens is 254 g/mol. The van der Waals surface area contributed by atoms with Gasteiger partial charge in [0.05, 0.1) is 11.7 Å². The molecule has 1 saturated carbocycles. The van der Waals surface area contributed by atoms with Gasteiger partial charge in [-0.1, -0.05) is 0 Å². The molecule has 0 bridgehead atoms. The molecule has 2 unspecified atom stereocenters. The fraction of sp³-hybridized carbons (Fsp3) is 0.400. The minimum Gasteiger partial charge on any atom is -0.399 e. The molecule has 2 atom stereocenters. The Morgan fingerprint density at radius 3 is 3.05 bits per heavy atom. The lowest BCUT2D eigenvalue weighted by Gasteiger charge is -2.10. The van der Waals surface area contributed by atoms with Crippen molar-refractivity contribution < 1.29 is 9.90 Å². The SMILES string of the molecule is Nc1ccc2c(C(=O)NCC3CCC(O)C3)c[nH]c2c1. The number of aliphatic hydroxyl groups excluding tert-OH is 1. The zero-order valence-electron chi connectivity index (χ0n) is 11.2. The Balaban J connectivity index is 1.69. The van der Waals surface area contributed by atoms with E-state index in [0.29, 0.717) is 23.7 Å². The summed E-state index contributed by atoms with van der Waals surface area (Å²) in [6.07, 6.45) is 4.11. The maximum absolute atomic E-state index is 12.2. The zero-order valence-corrected chi connectivity index (χ0v) is 11.2. The third-order valence-electron chi connectivity index (χ3n) is 4.02. The van der Waals surface area contributed by atoms with Gasteiger partial charge in [-0.3, -0.25) is 4.79 Å². The Morgan fingerprint density at radius 1 is 1.45 bits per heavy atom. The number of aromatic nitrogens is 1. The van der Waals surface area contributed by atoms with E-state index in [1.165, 1.54) is 0 Å². The Bertz CT molecular complexity index is 635. The van der Waals surface area contributed by atoms with E-state index >= 15 is 0 Å². The van der Waals surface area contributed by atoms with E-state index in [0.717, 1.165) is 30.2 Å². The maximum atomic E-state index is 12.2. The molecule has 0 aliphatic heterocycles. The first-order valence-corrected chi connectivity index (χ1v) is 6.96. The minimum atomic E-state index is -0.201. The molecule has 1 aromatic heterocycles. The van der Waals surface area contributed by atoms with Crippen molar-refractivity contribution in [2.75, 3.05) is 12.3 Å². The van der Waals surface area contributed by atoms with Crippen molar-refractivity contribution in [1.82, 2.24) is 10.3 Å². The van der Waals surface area contributed by atoms with Gasteiger partial charge in [0, 0.05) is 29.3 Å². The van der Waals surface area contributed by atoms with E-state index < -0.39 is 0 Å². The number of nitrogens with one attached hydrogen (secondary N) is 2. The summed E-state index contributed by atoms with van der Waals surface area (Å²) in [7, 11) is 0. The van der Waals surface area contributed by atoms with Crippen LogP contribution in [0.3, 0.4) is 0 Å². The molecule has 106 valence electrons. The van der Waals surface area contributed by atoms with Crippen molar-refractivity contribution in [1.29, 1.82) is 0 Å². The average Bonchev–Trinajstić information content (AvgIpc) is 3.01. The summed E-state index contributed by atoms with van der Waals surface area (Å²) in [5, 5.41) is 13.3. The number of hydrogen-bond acceptors (Lipinski definition) is 3. The molecular formula is C15H19N3O2. The second-order valence-corrected chi connectivity index (χ2v) is 5.55. The number of aliphatic hydroxyl groups is 1. The highest BCUT2D eigenvalue weighted by molar-refractivity contribution is 6.07. The summed E-state index contributed by atoms with van der Waals surface area (Å²) < 4.78 is 0. The van der Waals surface area contributed by atoms with Gasteiger partial charge in [0.15, 0.2) is 0 Å². The van der Waals surface area contributed by atoms with Crippen molar-refractivity contribution in [3.8, 4) is 0 Å². The number of fused-ring (bicyclic) bond motifs is 1. The van der Waals surface area contributed by atoms with Gasteiger partial charge in [0.25, 0.3) is 5.91 Å². The van der Waals surface area contributed by atoms with E-state index in [9.17, 15) is 9.90 Å². The van der Waals surface area contributed by atoms with Crippen molar-refractivity contribution in [2.45, 2.75) is 25.4 Å². The van der Waals surface area contributed by atoms with Crippen LogP contribution in [0, 0.1) is 5.92 Å². The maximum Gasteiger partial charge on any atom is 0.253 e. The summed E-state index contributed by atoms with van der Waals surface area (Å²) in [5.41, 5.74) is 7.90. The molecule has 0 spiro atoms. The van der Waals surface area contributed by atoms with Gasteiger partial charge in [0.2, 0.25) is 0 Å². The smallest absolute Gasteiger partial charge is 0.253 e. The number of amides is 1. The monoisotopic (exact) mass is 273 g/mol. The molecule has 1 aromatic carbocycles. The van der Waals surface area contributed by atoms with Crippen molar-refractivity contribution in [2.24, 2.45) is 5.92 Å². The molecule has 2 aromatic rings. The van der Waals surface area contributed by atoms with Crippen LogP contribution in [0.1, 0.15) is 29.6 Å². The van der Waals surface area contributed by atoms with Gasteiger partial charge >= 0.3 is 0 Å². The van der Waals surface area contributed by atoms with Crippen molar-refractivity contribution in [3.63, 3.8) is 0 Å². The Labute approximate surface area is 117 Å². The number of H-pyrrole nitrogens is 1. The summed E-state index contributed by atoms with van der Waals surface area (Å²) in [6, 6.07) is 5.47. The molecule has 5 heteroatoms. The second-order valence-electron chi connectivity index (χ2n) is 5.55. The van der Waals surface area contributed by atoms with Crippen LogP contribution in [-0.4, -0.2) is 28.6 Å². The molecule has 5 N–H and O–H groups in total. The van der Waals surface area contributed by atoms with Crippen LogP contribution in [0.4, 0.5) is 5.69 Å². The first kappa shape index (κ1) is 13.0. The number of anilines is 1. The number of nitrogens with two attached hydrogens (primary N) is 1. The lowest BCUT2D eigenvalue weighted by atomic mass is 10.1. The number of nitrogen functional groups attached to an aromatic ring is 1. The predicted octanol–water partition coefficient (Wildman–Crippen LogP) is 1.64. The molecule has 20 heavy (non-hydrogen) atoms. The number of rotatable bonds is 3. The Kier molecular flexibility index (Phi) is 3.36. The van der Waals surface area contributed by atoms with Crippen LogP contribution in [0.5, 0.6) is 0 Å². The zero-order chi connectivity index (χ0) is 14.1.